The van der Waals surface area contributed by atoms with Gasteiger partial charge >= 0.3 is 6.03 Å². The molecule has 1 aromatic rings. The van der Waals surface area contributed by atoms with Gasteiger partial charge in [0.15, 0.2) is 0 Å². The molecule has 0 fully saturated rings. The van der Waals surface area contributed by atoms with Crippen molar-refractivity contribution < 1.29 is 14.4 Å². The zero-order chi connectivity index (χ0) is 13.0. The number of hydrogen-bond donors (Lipinski definition) is 1. The van der Waals surface area contributed by atoms with Crippen LogP contribution >= 0.6 is 0 Å². The summed E-state index contributed by atoms with van der Waals surface area (Å²) in [4.78, 5) is 34.0. The lowest BCUT2D eigenvalue weighted by molar-refractivity contribution is -0.118. The smallest absolute Gasteiger partial charge is 0.326 e. The van der Waals surface area contributed by atoms with Crippen LogP contribution in [0.1, 0.15) is 12.5 Å². The van der Waals surface area contributed by atoms with Crippen LogP contribution in [0.3, 0.4) is 0 Å². The monoisotopic (exact) mass is 234 g/mol. The van der Waals surface area contributed by atoms with Crippen molar-refractivity contribution in [3.05, 3.63) is 29.8 Å². The molecule has 0 saturated carbocycles. The van der Waals surface area contributed by atoms with E-state index in [-0.39, 0.29) is 12.1 Å². The molecule has 0 aromatic heterocycles. The fourth-order valence-electron chi connectivity index (χ4n) is 1.49. The maximum Gasteiger partial charge on any atom is 0.326 e. The molecular formula is C11H12N3O3. The third-order valence-corrected chi connectivity index (χ3v) is 2.12. The lowest BCUT2D eigenvalue weighted by Crippen LogP contribution is -2.40. The zero-order valence-corrected chi connectivity index (χ0v) is 9.27. The first-order valence-corrected chi connectivity index (χ1v) is 4.86. The van der Waals surface area contributed by atoms with Crippen LogP contribution in [0.4, 0.5) is 10.5 Å². The van der Waals surface area contributed by atoms with E-state index in [9.17, 15) is 14.4 Å². The third-order valence-electron chi connectivity index (χ3n) is 2.12. The first kappa shape index (κ1) is 12.7. The van der Waals surface area contributed by atoms with Gasteiger partial charge in [-0.1, -0.05) is 18.2 Å². The molecule has 0 aliphatic carbocycles. The largest absolute Gasteiger partial charge is 0.351 e. The average Bonchev–Trinajstić information content (AvgIpc) is 2.18. The van der Waals surface area contributed by atoms with Crippen molar-refractivity contribution in [2.45, 2.75) is 13.3 Å². The van der Waals surface area contributed by atoms with Crippen LogP contribution in [0, 0.1) is 0 Å². The minimum absolute atomic E-state index is 0.173. The molecule has 6 heteroatoms. The van der Waals surface area contributed by atoms with Crippen LogP contribution in [0.5, 0.6) is 0 Å². The molecule has 0 saturated heterocycles. The van der Waals surface area contributed by atoms with Crippen molar-refractivity contribution in [1.29, 1.82) is 0 Å². The SMILES string of the molecule is CC(=O)N(C(N)=O)c1ccccc1CC([NH])=O. The number of para-hydroxylation sites is 1. The molecule has 89 valence electrons. The van der Waals surface area contributed by atoms with E-state index >= 15 is 0 Å². The predicted octanol–water partition coefficient (Wildman–Crippen LogP) is 0.470. The topological polar surface area (TPSA) is 104 Å². The Bertz CT molecular complexity index is 457. The number of anilines is 1. The standard InChI is InChI=1S/C11H12N3O3/c1-7(15)14(11(13)17)9-5-3-2-4-8(9)6-10(12)16/h2-5,12H,6H2,1H3,(H2,13,17). The summed E-state index contributed by atoms with van der Waals surface area (Å²) in [6.45, 7) is 1.20. The number of urea groups is 1. The van der Waals surface area contributed by atoms with Crippen molar-refractivity contribution >= 4 is 23.5 Å². The lowest BCUT2D eigenvalue weighted by atomic mass is 10.1. The molecule has 0 aliphatic rings. The number of amides is 4. The minimum atomic E-state index is -0.914. The average molecular weight is 234 g/mol. The first-order chi connectivity index (χ1) is 7.93. The highest BCUT2D eigenvalue weighted by molar-refractivity contribution is 6.13. The summed E-state index contributed by atoms with van der Waals surface area (Å²) in [5.41, 5.74) is 12.7. The second-order valence-corrected chi connectivity index (χ2v) is 3.42. The summed E-state index contributed by atoms with van der Waals surface area (Å²) in [5, 5.41) is 0. The van der Waals surface area contributed by atoms with E-state index in [4.69, 9.17) is 11.5 Å². The van der Waals surface area contributed by atoms with E-state index in [2.05, 4.69) is 0 Å². The number of benzene rings is 1. The normalized spacial score (nSPS) is 9.71. The summed E-state index contributed by atoms with van der Waals surface area (Å²) in [6.07, 6.45) is -0.173. The number of nitrogens with two attached hydrogens (primary N) is 1. The fourth-order valence-corrected chi connectivity index (χ4v) is 1.49. The third kappa shape index (κ3) is 3.04. The molecule has 3 N–H and O–H groups in total. The molecule has 1 radical (unpaired) electrons. The Labute approximate surface area is 98.2 Å². The van der Waals surface area contributed by atoms with Gasteiger partial charge in [-0.3, -0.25) is 15.3 Å². The van der Waals surface area contributed by atoms with Crippen LogP contribution in [-0.4, -0.2) is 17.8 Å². The molecule has 0 unspecified atom stereocenters. The number of primary amides is 1. The number of rotatable bonds is 3. The summed E-state index contributed by atoms with van der Waals surface area (Å²) in [5.74, 6) is -1.34. The Morgan fingerprint density at radius 1 is 1.29 bits per heavy atom. The van der Waals surface area contributed by atoms with Crippen LogP contribution in [0.15, 0.2) is 24.3 Å². The number of nitrogens with zero attached hydrogens (tertiary/aromatic N) is 1. The quantitative estimate of drug-likeness (QED) is 0.821. The van der Waals surface area contributed by atoms with Crippen molar-refractivity contribution in [1.82, 2.24) is 5.73 Å². The van der Waals surface area contributed by atoms with Crippen molar-refractivity contribution in [2.75, 3.05) is 4.90 Å². The second kappa shape index (κ2) is 5.11. The van der Waals surface area contributed by atoms with Crippen LogP contribution in [0.25, 0.3) is 0 Å². The Morgan fingerprint density at radius 2 is 1.88 bits per heavy atom. The molecule has 0 heterocycles. The Kier molecular flexibility index (Phi) is 3.82. The number of carbonyl (C=O) groups is 3. The molecule has 0 aliphatic heterocycles. The minimum Gasteiger partial charge on any atom is -0.351 e. The van der Waals surface area contributed by atoms with E-state index in [1.54, 1.807) is 18.2 Å². The van der Waals surface area contributed by atoms with E-state index in [0.29, 0.717) is 5.56 Å². The predicted molar refractivity (Wildman–Crippen MR) is 61.0 cm³/mol. The van der Waals surface area contributed by atoms with Crippen LogP contribution < -0.4 is 16.4 Å². The van der Waals surface area contributed by atoms with Gasteiger partial charge in [0.25, 0.3) is 0 Å². The van der Waals surface area contributed by atoms with Crippen molar-refractivity contribution in [3.63, 3.8) is 0 Å². The van der Waals surface area contributed by atoms with Crippen molar-refractivity contribution in [3.8, 4) is 0 Å². The molecule has 0 atom stereocenters. The summed E-state index contributed by atoms with van der Waals surface area (Å²) < 4.78 is 0. The molecule has 4 amide bonds. The zero-order valence-electron chi connectivity index (χ0n) is 9.27. The van der Waals surface area contributed by atoms with Gasteiger partial charge in [0.05, 0.1) is 12.1 Å². The Morgan fingerprint density at radius 3 is 2.35 bits per heavy atom. The summed E-state index contributed by atoms with van der Waals surface area (Å²) in [6, 6.07) is 5.43. The Balaban J connectivity index is 3.23. The van der Waals surface area contributed by atoms with E-state index < -0.39 is 17.8 Å². The fraction of sp³-hybridized carbons (Fsp3) is 0.182. The molecule has 0 bridgehead atoms. The molecule has 1 aromatic carbocycles. The molecule has 6 nitrogen and oxygen atoms in total. The molecule has 1 rings (SSSR count). The maximum atomic E-state index is 11.3. The van der Waals surface area contributed by atoms with Gasteiger partial charge in [0.2, 0.25) is 11.8 Å². The van der Waals surface area contributed by atoms with Crippen LogP contribution in [-0.2, 0) is 16.0 Å². The molecule has 0 spiro atoms. The number of imide groups is 1. The molecular weight excluding hydrogens is 222 g/mol. The number of hydrogen-bond acceptors (Lipinski definition) is 3. The number of carbonyl (C=O) groups excluding carboxylic acids is 3. The van der Waals surface area contributed by atoms with Gasteiger partial charge < -0.3 is 5.73 Å². The maximum absolute atomic E-state index is 11.3. The Hall–Kier alpha value is -2.37. The van der Waals surface area contributed by atoms with Gasteiger partial charge in [0.1, 0.15) is 0 Å². The first-order valence-electron chi connectivity index (χ1n) is 4.86. The highest BCUT2D eigenvalue weighted by atomic mass is 16.2. The summed E-state index contributed by atoms with van der Waals surface area (Å²) in [7, 11) is 0. The lowest BCUT2D eigenvalue weighted by Gasteiger charge is -2.19. The van der Waals surface area contributed by atoms with E-state index in [1.165, 1.54) is 13.0 Å². The van der Waals surface area contributed by atoms with E-state index in [0.717, 1.165) is 4.90 Å². The number of nitrogens with one attached hydrogen (secondary N) is 1. The highest BCUT2D eigenvalue weighted by Crippen LogP contribution is 2.21. The second-order valence-electron chi connectivity index (χ2n) is 3.42. The van der Waals surface area contributed by atoms with E-state index in [1.807, 2.05) is 0 Å². The van der Waals surface area contributed by atoms with Gasteiger partial charge in [0, 0.05) is 6.92 Å². The van der Waals surface area contributed by atoms with Gasteiger partial charge in [-0.15, -0.1) is 0 Å². The van der Waals surface area contributed by atoms with Crippen LogP contribution in [0.2, 0.25) is 0 Å². The van der Waals surface area contributed by atoms with Gasteiger partial charge in [-0.2, -0.15) is 0 Å². The van der Waals surface area contributed by atoms with Crippen molar-refractivity contribution in [2.24, 2.45) is 5.73 Å². The summed E-state index contributed by atoms with van der Waals surface area (Å²) >= 11 is 0. The molecule has 17 heavy (non-hydrogen) atoms. The van der Waals surface area contributed by atoms with Gasteiger partial charge in [-0.05, 0) is 11.6 Å². The van der Waals surface area contributed by atoms with Gasteiger partial charge in [-0.25, -0.2) is 9.69 Å². The highest BCUT2D eigenvalue weighted by Gasteiger charge is 2.20.